The Balaban J connectivity index is 1.86. The van der Waals surface area contributed by atoms with Gasteiger partial charge in [0, 0.05) is 0 Å². The van der Waals surface area contributed by atoms with Gasteiger partial charge < -0.3 is 10.2 Å². The summed E-state index contributed by atoms with van der Waals surface area (Å²) in [6, 6.07) is 7.68. The molecule has 2 amide bonds. The molecule has 1 saturated carbocycles. The lowest BCUT2D eigenvalue weighted by atomic mass is 9.99. The second-order valence-corrected chi connectivity index (χ2v) is 5.88. The van der Waals surface area contributed by atoms with Crippen LogP contribution in [0.25, 0.3) is 0 Å². The van der Waals surface area contributed by atoms with Crippen molar-refractivity contribution in [3.05, 3.63) is 35.4 Å². The Morgan fingerprint density at radius 2 is 1.95 bits per heavy atom. The maximum absolute atomic E-state index is 12.6. The SMILES string of the molecule is Cc1ccccc1C(C)N1CC(=O)NC(C2CC2)C1=O. The van der Waals surface area contributed by atoms with Crippen LogP contribution in [-0.2, 0) is 9.59 Å². The standard InChI is InChI=1S/C16H20N2O2/c1-10-5-3-4-6-13(10)11(2)18-9-14(19)17-15(16(18)20)12-7-8-12/h3-6,11-12,15H,7-9H2,1-2H3,(H,17,19). The van der Waals surface area contributed by atoms with E-state index in [1.165, 1.54) is 0 Å². The first kappa shape index (κ1) is 13.2. The zero-order chi connectivity index (χ0) is 14.3. The molecule has 1 heterocycles. The number of aryl methyl sites for hydroxylation is 1. The molecule has 0 spiro atoms. The first-order chi connectivity index (χ1) is 9.58. The average Bonchev–Trinajstić information content (AvgIpc) is 3.25. The Bertz CT molecular complexity index is 551. The molecule has 2 atom stereocenters. The number of carbonyl (C=O) groups excluding carboxylic acids is 2. The van der Waals surface area contributed by atoms with Crippen LogP contribution in [0, 0.1) is 12.8 Å². The van der Waals surface area contributed by atoms with E-state index in [2.05, 4.69) is 5.32 Å². The van der Waals surface area contributed by atoms with E-state index in [0.717, 1.165) is 24.0 Å². The fraction of sp³-hybridized carbons (Fsp3) is 0.500. The predicted molar refractivity (Wildman–Crippen MR) is 76.0 cm³/mol. The lowest BCUT2D eigenvalue weighted by Crippen LogP contribution is -2.59. The summed E-state index contributed by atoms with van der Waals surface area (Å²) < 4.78 is 0. The maximum atomic E-state index is 12.6. The molecule has 1 aromatic rings. The Hall–Kier alpha value is -1.84. The van der Waals surface area contributed by atoms with Crippen LogP contribution in [0.15, 0.2) is 24.3 Å². The second kappa shape index (κ2) is 4.93. The molecule has 4 nitrogen and oxygen atoms in total. The topological polar surface area (TPSA) is 49.4 Å². The Labute approximate surface area is 119 Å². The molecule has 1 N–H and O–H groups in total. The summed E-state index contributed by atoms with van der Waals surface area (Å²) in [6.07, 6.45) is 2.09. The van der Waals surface area contributed by atoms with Crippen LogP contribution in [0.4, 0.5) is 0 Å². The number of piperazine rings is 1. The van der Waals surface area contributed by atoms with E-state index in [0.29, 0.717) is 5.92 Å². The number of nitrogens with one attached hydrogen (secondary N) is 1. The van der Waals surface area contributed by atoms with Crippen molar-refractivity contribution in [1.82, 2.24) is 10.2 Å². The van der Waals surface area contributed by atoms with E-state index in [1.54, 1.807) is 4.90 Å². The third-order valence-electron chi connectivity index (χ3n) is 4.38. The zero-order valence-corrected chi connectivity index (χ0v) is 11.9. The highest BCUT2D eigenvalue weighted by atomic mass is 16.2. The van der Waals surface area contributed by atoms with Gasteiger partial charge in [0.15, 0.2) is 0 Å². The van der Waals surface area contributed by atoms with Gasteiger partial charge in [0.2, 0.25) is 11.8 Å². The molecule has 0 aromatic heterocycles. The Kier molecular flexibility index (Phi) is 3.24. The minimum atomic E-state index is -0.303. The number of amides is 2. The minimum Gasteiger partial charge on any atom is -0.342 e. The average molecular weight is 272 g/mol. The molecule has 1 aliphatic heterocycles. The highest BCUT2D eigenvalue weighted by Crippen LogP contribution is 2.36. The second-order valence-electron chi connectivity index (χ2n) is 5.88. The minimum absolute atomic E-state index is 0.0399. The van der Waals surface area contributed by atoms with Crippen molar-refractivity contribution in [3.63, 3.8) is 0 Å². The number of benzene rings is 1. The van der Waals surface area contributed by atoms with Crippen molar-refractivity contribution in [2.75, 3.05) is 6.54 Å². The van der Waals surface area contributed by atoms with Gasteiger partial charge in [0.1, 0.15) is 12.6 Å². The van der Waals surface area contributed by atoms with Crippen molar-refractivity contribution in [2.45, 2.75) is 38.8 Å². The lowest BCUT2D eigenvalue weighted by Gasteiger charge is -2.37. The third-order valence-corrected chi connectivity index (χ3v) is 4.38. The zero-order valence-electron chi connectivity index (χ0n) is 11.9. The van der Waals surface area contributed by atoms with Crippen LogP contribution in [0.3, 0.4) is 0 Å². The van der Waals surface area contributed by atoms with Gasteiger partial charge in [-0.1, -0.05) is 24.3 Å². The van der Waals surface area contributed by atoms with Gasteiger partial charge in [-0.05, 0) is 43.7 Å². The molecule has 0 radical (unpaired) electrons. The summed E-state index contributed by atoms with van der Waals surface area (Å²) in [5.41, 5.74) is 2.27. The highest BCUT2D eigenvalue weighted by molar-refractivity contribution is 5.95. The lowest BCUT2D eigenvalue weighted by molar-refractivity contribution is -0.147. The normalized spacial score (nSPS) is 24.5. The number of hydrogen-bond acceptors (Lipinski definition) is 2. The van der Waals surface area contributed by atoms with Gasteiger partial charge in [-0.3, -0.25) is 9.59 Å². The first-order valence-electron chi connectivity index (χ1n) is 7.23. The summed E-state index contributed by atoms with van der Waals surface area (Å²) >= 11 is 0. The van der Waals surface area contributed by atoms with Crippen molar-refractivity contribution < 1.29 is 9.59 Å². The van der Waals surface area contributed by atoms with E-state index >= 15 is 0 Å². The third kappa shape index (κ3) is 2.30. The maximum Gasteiger partial charge on any atom is 0.246 e. The number of hydrogen-bond donors (Lipinski definition) is 1. The van der Waals surface area contributed by atoms with Gasteiger partial charge in [0.05, 0.1) is 6.04 Å². The Morgan fingerprint density at radius 3 is 2.60 bits per heavy atom. The molecule has 2 unspecified atom stereocenters. The van der Waals surface area contributed by atoms with Crippen LogP contribution in [0.2, 0.25) is 0 Å². The van der Waals surface area contributed by atoms with E-state index in [9.17, 15) is 9.59 Å². The van der Waals surface area contributed by atoms with Crippen LogP contribution < -0.4 is 5.32 Å². The van der Waals surface area contributed by atoms with E-state index in [4.69, 9.17) is 0 Å². The van der Waals surface area contributed by atoms with Gasteiger partial charge in [-0.15, -0.1) is 0 Å². The fourth-order valence-electron chi connectivity index (χ4n) is 2.99. The molecule has 20 heavy (non-hydrogen) atoms. The number of carbonyl (C=O) groups is 2. The van der Waals surface area contributed by atoms with E-state index in [-0.39, 0.29) is 30.4 Å². The summed E-state index contributed by atoms with van der Waals surface area (Å²) in [4.78, 5) is 26.2. The monoisotopic (exact) mass is 272 g/mol. The first-order valence-corrected chi connectivity index (χ1v) is 7.23. The van der Waals surface area contributed by atoms with Crippen LogP contribution >= 0.6 is 0 Å². The van der Waals surface area contributed by atoms with E-state index in [1.807, 2.05) is 38.1 Å². The summed E-state index contributed by atoms with van der Waals surface area (Å²) in [5.74, 6) is 0.378. The quantitative estimate of drug-likeness (QED) is 0.912. The van der Waals surface area contributed by atoms with Gasteiger partial charge in [0.25, 0.3) is 0 Å². The van der Waals surface area contributed by atoms with Crippen LogP contribution in [0.5, 0.6) is 0 Å². The highest BCUT2D eigenvalue weighted by Gasteiger charge is 2.43. The van der Waals surface area contributed by atoms with Crippen molar-refractivity contribution >= 4 is 11.8 Å². The fourth-order valence-corrected chi connectivity index (χ4v) is 2.99. The van der Waals surface area contributed by atoms with Gasteiger partial charge >= 0.3 is 0 Å². The van der Waals surface area contributed by atoms with Crippen molar-refractivity contribution in [1.29, 1.82) is 0 Å². The summed E-state index contributed by atoms with van der Waals surface area (Å²) in [6.45, 7) is 4.21. The summed E-state index contributed by atoms with van der Waals surface area (Å²) in [7, 11) is 0. The molecule has 4 heteroatoms. The number of nitrogens with zero attached hydrogens (tertiary/aromatic N) is 1. The molecule has 1 saturated heterocycles. The van der Waals surface area contributed by atoms with Crippen molar-refractivity contribution in [3.8, 4) is 0 Å². The smallest absolute Gasteiger partial charge is 0.246 e. The molecule has 1 aliphatic carbocycles. The molecule has 1 aromatic carbocycles. The molecule has 2 aliphatic rings. The summed E-state index contributed by atoms with van der Waals surface area (Å²) in [5, 5.41) is 2.85. The van der Waals surface area contributed by atoms with Gasteiger partial charge in [-0.25, -0.2) is 0 Å². The molecule has 106 valence electrons. The predicted octanol–water partition coefficient (Wildman–Crippen LogP) is 1.79. The number of rotatable bonds is 3. The van der Waals surface area contributed by atoms with Crippen molar-refractivity contribution in [2.24, 2.45) is 5.92 Å². The van der Waals surface area contributed by atoms with E-state index < -0.39 is 0 Å². The molecular formula is C16H20N2O2. The molecule has 2 fully saturated rings. The Morgan fingerprint density at radius 1 is 1.25 bits per heavy atom. The molecular weight excluding hydrogens is 252 g/mol. The largest absolute Gasteiger partial charge is 0.342 e. The van der Waals surface area contributed by atoms with Crippen LogP contribution in [-0.4, -0.2) is 29.3 Å². The molecule has 0 bridgehead atoms. The molecule has 3 rings (SSSR count). The van der Waals surface area contributed by atoms with Gasteiger partial charge in [-0.2, -0.15) is 0 Å². The van der Waals surface area contributed by atoms with Crippen LogP contribution in [0.1, 0.15) is 36.9 Å².